The zero-order valence-corrected chi connectivity index (χ0v) is 10.6. The molecule has 0 fully saturated rings. The smallest absolute Gasteiger partial charge is 0.227 e. The molecule has 0 amide bonds. The van der Waals surface area contributed by atoms with Crippen LogP contribution in [0, 0.1) is 5.82 Å². The average Bonchev–Trinajstić information content (AvgIpc) is 2.73. The molecule has 0 bridgehead atoms. The summed E-state index contributed by atoms with van der Waals surface area (Å²) in [5, 5.41) is 0. The van der Waals surface area contributed by atoms with Gasteiger partial charge in [0.2, 0.25) is 5.89 Å². The first-order valence-electron chi connectivity index (χ1n) is 5.11. The molecule has 2 aromatic heterocycles. The Balaban J connectivity index is 2.19. The van der Waals surface area contributed by atoms with Gasteiger partial charge in [0.25, 0.3) is 0 Å². The number of oxazole rings is 1. The van der Waals surface area contributed by atoms with E-state index in [0.29, 0.717) is 21.6 Å². The monoisotopic (exact) mass is 307 g/mol. The van der Waals surface area contributed by atoms with Crippen LogP contribution in [0.1, 0.15) is 0 Å². The summed E-state index contributed by atoms with van der Waals surface area (Å²) in [4.78, 5) is 8.28. The highest BCUT2D eigenvalue weighted by molar-refractivity contribution is 9.10. The van der Waals surface area contributed by atoms with Crippen molar-refractivity contribution in [2.75, 3.05) is 5.73 Å². The predicted octanol–water partition coefficient (Wildman–Crippen LogP) is 3.37. The number of nitrogen functional groups attached to an aromatic ring is 1. The van der Waals surface area contributed by atoms with Crippen LogP contribution < -0.4 is 5.73 Å². The number of benzene rings is 1. The lowest BCUT2D eigenvalue weighted by Crippen LogP contribution is -1.89. The van der Waals surface area contributed by atoms with Crippen molar-refractivity contribution in [1.82, 2.24) is 9.97 Å². The van der Waals surface area contributed by atoms with E-state index in [0.717, 1.165) is 5.56 Å². The van der Waals surface area contributed by atoms with Crippen LogP contribution in [-0.2, 0) is 0 Å². The maximum absolute atomic E-state index is 13.3. The minimum atomic E-state index is -0.513. The second-order valence-electron chi connectivity index (χ2n) is 3.73. The highest BCUT2D eigenvalue weighted by atomic mass is 79.9. The van der Waals surface area contributed by atoms with Crippen LogP contribution in [0.5, 0.6) is 0 Å². The van der Waals surface area contributed by atoms with Crippen LogP contribution in [-0.4, -0.2) is 9.97 Å². The molecular formula is C12H7BrFN3O. The molecule has 3 aromatic rings. The lowest BCUT2D eigenvalue weighted by Gasteiger charge is -1.94. The average molecular weight is 308 g/mol. The van der Waals surface area contributed by atoms with E-state index in [1.54, 1.807) is 18.3 Å². The number of aromatic nitrogens is 2. The fourth-order valence-corrected chi connectivity index (χ4v) is 1.99. The Morgan fingerprint density at radius 2 is 2.11 bits per heavy atom. The van der Waals surface area contributed by atoms with Crippen molar-refractivity contribution in [1.29, 1.82) is 0 Å². The maximum Gasteiger partial charge on any atom is 0.227 e. The van der Waals surface area contributed by atoms with Gasteiger partial charge in [-0.3, -0.25) is 0 Å². The SMILES string of the molecule is Nc1cc2nc(-c3ccnc(Br)c3)oc2cc1F. The van der Waals surface area contributed by atoms with Gasteiger partial charge in [0.15, 0.2) is 5.58 Å². The van der Waals surface area contributed by atoms with Gasteiger partial charge in [-0.25, -0.2) is 14.4 Å². The number of pyridine rings is 1. The first kappa shape index (κ1) is 11.2. The van der Waals surface area contributed by atoms with E-state index in [1.807, 2.05) is 0 Å². The largest absolute Gasteiger partial charge is 0.436 e. The van der Waals surface area contributed by atoms with Gasteiger partial charge < -0.3 is 10.2 Å². The summed E-state index contributed by atoms with van der Waals surface area (Å²) in [6, 6.07) is 6.21. The van der Waals surface area contributed by atoms with Crippen LogP contribution >= 0.6 is 15.9 Å². The Bertz CT molecular complexity index is 702. The molecule has 0 spiro atoms. The van der Waals surface area contributed by atoms with Gasteiger partial charge in [-0.05, 0) is 34.1 Å². The number of nitrogens with zero attached hydrogens (tertiary/aromatic N) is 2. The molecule has 2 heterocycles. The molecule has 2 N–H and O–H groups in total. The molecule has 0 atom stereocenters. The first-order valence-corrected chi connectivity index (χ1v) is 5.90. The third-order valence-corrected chi connectivity index (χ3v) is 2.91. The summed E-state index contributed by atoms with van der Waals surface area (Å²) < 4.78 is 19.5. The Morgan fingerprint density at radius 3 is 2.89 bits per heavy atom. The molecule has 0 aliphatic heterocycles. The van der Waals surface area contributed by atoms with Crippen LogP contribution in [0.15, 0.2) is 39.5 Å². The van der Waals surface area contributed by atoms with E-state index >= 15 is 0 Å². The van der Waals surface area contributed by atoms with Crippen molar-refractivity contribution in [2.24, 2.45) is 0 Å². The molecule has 0 aliphatic carbocycles. The number of hydrogen-bond donors (Lipinski definition) is 1. The minimum Gasteiger partial charge on any atom is -0.436 e. The minimum absolute atomic E-state index is 0.0539. The molecule has 1 aromatic carbocycles. The maximum atomic E-state index is 13.3. The predicted molar refractivity (Wildman–Crippen MR) is 69.3 cm³/mol. The number of nitrogens with two attached hydrogens (primary N) is 1. The molecule has 90 valence electrons. The summed E-state index contributed by atoms with van der Waals surface area (Å²) in [6.45, 7) is 0. The van der Waals surface area contributed by atoms with E-state index < -0.39 is 5.82 Å². The van der Waals surface area contributed by atoms with E-state index in [2.05, 4.69) is 25.9 Å². The van der Waals surface area contributed by atoms with Crippen LogP contribution in [0.2, 0.25) is 0 Å². The summed E-state index contributed by atoms with van der Waals surface area (Å²) in [5.41, 5.74) is 7.18. The van der Waals surface area contributed by atoms with E-state index in [-0.39, 0.29) is 5.69 Å². The van der Waals surface area contributed by atoms with Crippen molar-refractivity contribution >= 4 is 32.7 Å². The van der Waals surface area contributed by atoms with E-state index in [4.69, 9.17) is 10.2 Å². The summed E-state index contributed by atoms with van der Waals surface area (Å²) >= 11 is 3.27. The third-order valence-electron chi connectivity index (χ3n) is 2.48. The number of halogens is 2. The van der Waals surface area contributed by atoms with Crippen molar-refractivity contribution in [3.05, 3.63) is 40.9 Å². The molecule has 4 nitrogen and oxygen atoms in total. The highest BCUT2D eigenvalue weighted by Crippen LogP contribution is 2.27. The molecule has 18 heavy (non-hydrogen) atoms. The zero-order valence-electron chi connectivity index (χ0n) is 9.02. The summed E-state index contributed by atoms with van der Waals surface area (Å²) in [7, 11) is 0. The van der Waals surface area contributed by atoms with Crippen LogP contribution in [0.25, 0.3) is 22.6 Å². The Morgan fingerprint density at radius 1 is 1.28 bits per heavy atom. The van der Waals surface area contributed by atoms with Crippen molar-refractivity contribution in [3.8, 4) is 11.5 Å². The Kier molecular flexibility index (Phi) is 2.52. The first-order chi connectivity index (χ1) is 8.63. The quantitative estimate of drug-likeness (QED) is 0.553. The molecule has 6 heteroatoms. The Labute approximate surface area is 110 Å². The van der Waals surface area contributed by atoms with E-state index in [1.165, 1.54) is 12.1 Å². The normalized spacial score (nSPS) is 11.0. The molecule has 0 saturated carbocycles. The van der Waals surface area contributed by atoms with Crippen molar-refractivity contribution < 1.29 is 8.81 Å². The van der Waals surface area contributed by atoms with Crippen LogP contribution in [0.3, 0.4) is 0 Å². The highest BCUT2D eigenvalue weighted by Gasteiger charge is 2.11. The summed E-state index contributed by atoms with van der Waals surface area (Å²) in [5.74, 6) is -0.112. The second kappa shape index (κ2) is 4.06. The van der Waals surface area contributed by atoms with Crippen molar-refractivity contribution in [2.45, 2.75) is 0 Å². The Hall–Kier alpha value is -1.95. The lowest BCUT2D eigenvalue weighted by molar-refractivity contribution is 0.604. The molecule has 0 saturated heterocycles. The number of fused-ring (bicyclic) bond motifs is 1. The van der Waals surface area contributed by atoms with Gasteiger partial charge in [-0.15, -0.1) is 0 Å². The zero-order chi connectivity index (χ0) is 12.7. The topological polar surface area (TPSA) is 64.9 Å². The standard InChI is InChI=1S/C12H7BrFN3O/c13-11-3-6(1-2-16-11)12-17-9-5-8(15)7(14)4-10(9)18-12/h1-5H,15H2. The number of anilines is 1. The second-order valence-corrected chi connectivity index (χ2v) is 4.54. The molecule has 0 unspecified atom stereocenters. The van der Waals surface area contributed by atoms with E-state index in [9.17, 15) is 4.39 Å². The van der Waals surface area contributed by atoms with Gasteiger partial charge in [-0.2, -0.15) is 0 Å². The molecule has 0 aliphatic rings. The fourth-order valence-electron chi connectivity index (χ4n) is 1.62. The fraction of sp³-hybridized carbons (Fsp3) is 0. The van der Waals surface area contributed by atoms with Crippen LogP contribution in [0.4, 0.5) is 10.1 Å². The number of rotatable bonds is 1. The van der Waals surface area contributed by atoms with Crippen molar-refractivity contribution in [3.63, 3.8) is 0 Å². The summed E-state index contributed by atoms with van der Waals surface area (Å²) in [6.07, 6.45) is 1.63. The van der Waals surface area contributed by atoms with Gasteiger partial charge in [0.1, 0.15) is 15.9 Å². The molecular weight excluding hydrogens is 301 g/mol. The molecule has 3 rings (SSSR count). The third kappa shape index (κ3) is 1.84. The number of hydrogen-bond acceptors (Lipinski definition) is 4. The molecule has 0 radical (unpaired) electrons. The van der Waals surface area contributed by atoms with Gasteiger partial charge in [0.05, 0.1) is 5.69 Å². The van der Waals surface area contributed by atoms with Gasteiger partial charge >= 0.3 is 0 Å². The lowest BCUT2D eigenvalue weighted by atomic mass is 10.3. The van der Waals surface area contributed by atoms with Gasteiger partial charge in [0, 0.05) is 17.8 Å². The van der Waals surface area contributed by atoms with Gasteiger partial charge in [-0.1, -0.05) is 0 Å².